The molecule has 1 aromatic rings. The Labute approximate surface area is 135 Å². The van der Waals surface area contributed by atoms with Crippen LogP contribution in [0, 0.1) is 0 Å². The highest BCUT2D eigenvalue weighted by atomic mass is 32.2. The molecule has 22 heavy (non-hydrogen) atoms. The number of carboxylic acids is 1. The van der Waals surface area contributed by atoms with E-state index in [1.807, 2.05) is 20.8 Å². The Bertz CT molecular complexity index is 626. The number of aliphatic hydroxyl groups excluding tert-OH is 1. The van der Waals surface area contributed by atoms with Crippen LogP contribution in [0.4, 0.5) is 0 Å². The third kappa shape index (κ3) is 5.05. The normalized spacial score (nSPS) is 14.0. The Balaban J connectivity index is 3.05. The maximum absolute atomic E-state index is 12.4. The van der Waals surface area contributed by atoms with E-state index in [0.29, 0.717) is 17.7 Å². The van der Waals surface area contributed by atoms with Crippen molar-refractivity contribution < 1.29 is 23.4 Å². The summed E-state index contributed by atoms with van der Waals surface area (Å²) in [7, 11) is -3.77. The third-order valence-corrected chi connectivity index (χ3v) is 6.13. The van der Waals surface area contributed by atoms with Gasteiger partial charge in [0.25, 0.3) is 0 Å². The van der Waals surface area contributed by atoms with E-state index in [1.165, 1.54) is 6.07 Å². The fourth-order valence-electron chi connectivity index (χ4n) is 1.88. The lowest BCUT2D eigenvalue weighted by Gasteiger charge is -2.19. The first-order chi connectivity index (χ1) is 9.95. The number of sulfonamides is 1. The molecule has 0 aromatic carbocycles. The number of hydrogen-bond acceptors (Lipinski definition) is 5. The van der Waals surface area contributed by atoms with Gasteiger partial charge in [0.15, 0.2) is 0 Å². The zero-order valence-corrected chi connectivity index (χ0v) is 14.8. The van der Waals surface area contributed by atoms with E-state index in [4.69, 9.17) is 5.11 Å². The van der Waals surface area contributed by atoms with Gasteiger partial charge in [-0.1, -0.05) is 20.8 Å². The first-order valence-corrected chi connectivity index (χ1v) is 9.30. The lowest BCUT2D eigenvalue weighted by molar-refractivity contribution is 0.0702. The van der Waals surface area contributed by atoms with Crippen molar-refractivity contribution in [3.05, 3.63) is 15.8 Å². The lowest BCUT2D eigenvalue weighted by Crippen LogP contribution is -2.27. The van der Waals surface area contributed by atoms with E-state index >= 15 is 0 Å². The van der Waals surface area contributed by atoms with Gasteiger partial charge < -0.3 is 10.2 Å². The molecule has 0 amide bonds. The van der Waals surface area contributed by atoms with Crippen molar-refractivity contribution in [2.24, 2.45) is 0 Å². The van der Waals surface area contributed by atoms with Crippen LogP contribution in [-0.4, -0.2) is 37.2 Å². The quantitative estimate of drug-likeness (QED) is 0.655. The first-order valence-electron chi connectivity index (χ1n) is 7.00. The summed E-state index contributed by atoms with van der Waals surface area (Å²) >= 11 is 0.987. The molecule has 0 aliphatic rings. The van der Waals surface area contributed by atoms with Crippen LogP contribution in [0.2, 0.25) is 0 Å². The smallest absolute Gasteiger partial charge is 0.345 e. The summed E-state index contributed by atoms with van der Waals surface area (Å²) in [6.07, 6.45) is 0.533. The van der Waals surface area contributed by atoms with E-state index in [9.17, 15) is 18.3 Å². The van der Waals surface area contributed by atoms with E-state index in [-0.39, 0.29) is 16.3 Å². The van der Waals surface area contributed by atoms with E-state index < -0.39 is 27.5 Å². The predicted octanol–water partition coefficient (Wildman–Crippen LogP) is 2.18. The average molecular weight is 349 g/mol. The van der Waals surface area contributed by atoms with Crippen molar-refractivity contribution >= 4 is 27.3 Å². The van der Waals surface area contributed by atoms with Gasteiger partial charge in [0.05, 0.1) is 11.0 Å². The molecule has 0 saturated carbocycles. The summed E-state index contributed by atoms with van der Waals surface area (Å²) in [6, 6.07) is 1.21. The molecule has 1 aromatic heterocycles. The Morgan fingerprint density at radius 3 is 2.45 bits per heavy atom. The molecule has 0 radical (unpaired) electrons. The molecular formula is C14H23NO5S2. The van der Waals surface area contributed by atoms with Crippen LogP contribution in [0.5, 0.6) is 0 Å². The maximum atomic E-state index is 12.4. The second kappa shape index (κ2) is 7.08. The fraction of sp³-hybridized carbons (Fsp3) is 0.643. The van der Waals surface area contributed by atoms with Crippen molar-refractivity contribution in [2.45, 2.75) is 57.0 Å². The molecule has 0 bridgehead atoms. The number of carbonyl (C=O) groups is 1. The molecular weight excluding hydrogens is 326 g/mol. The van der Waals surface area contributed by atoms with Crippen molar-refractivity contribution in [2.75, 3.05) is 6.54 Å². The second-order valence-corrected chi connectivity index (χ2v) is 9.04. The van der Waals surface area contributed by atoms with Gasteiger partial charge in [-0.25, -0.2) is 17.9 Å². The largest absolute Gasteiger partial charge is 0.477 e. The van der Waals surface area contributed by atoms with Crippen molar-refractivity contribution in [3.63, 3.8) is 0 Å². The first kappa shape index (κ1) is 19.1. The number of nitrogens with one attached hydrogen (secondary N) is 1. The highest BCUT2D eigenvalue weighted by Crippen LogP contribution is 2.36. The molecule has 0 saturated heterocycles. The van der Waals surface area contributed by atoms with Gasteiger partial charge >= 0.3 is 5.97 Å². The van der Waals surface area contributed by atoms with Gasteiger partial charge in [0, 0.05) is 11.4 Å². The molecule has 8 heteroatoms. The molecule has 1 unspecified atom stereocenters. The number of rotatable bonds is 7. The number of hydrogen-bond donors (Lipinski definition) is 3. The fourth-order valence-corrected chi connectivity index (χ4v) is 4.75. The summed E-state index contributed by atoms with van der Waals surface area (Å²) in [5.41, 5.74) is -0.470. The van der Waals surface area contributed by atoms with Gasteiger partial charge in [-0.3, -0.25) is 0 Å². The average Bonchev–Trinajstić information content (AvgIpc) is 2.80. The minimum absolute atomic E-state index is 0.00859. The third-order valence-electron chi connectivity index (χ3n) is 2.97. The van der Waals surface area contributed by atoms with Crippen LogP contribution in [0.15, 0.2) is 11.0 Å². The van der Waals surface area contributed by atoms with Crippen LogP contribution in [-0.2, 0) is 15.4 Å². The Hall–Kier alpha value is -0.960. The summed E-state index contributed by atoms with van der Waals surface area (Å²) in [6.45, 7) is 7.38. The monoisotopic (exact) mass is 349 g/mol. The van der Waals surface area contributed by atoms with Gasteiger partial charge in [-0.15, -0.1) is 11.3 Å². The summed E-state index contributed by atoms with van der Waals surface area (Å²) in [5, 5.41) is 18.3. The molecule has 6 nitrogen and oxygen atoms in total. The molecule has 0 fully saturated rings. The van der Waals surface area contributed by atoms with E-state index in [0.717, 1.165) is 11.3 Å². The molecule has 126 valence electrons. The highest BCUT2D eigenvalue weighted by Gasteiger charge is 2.30. The van der Waals surface area contributed by atoms with E-state index in [1.54, 1.807) is 6.92 Å². The summed E-state index contributed by atoms with van der Waals surface area (Å²) < 4.78 is 27.3. The highest BCUT2D eigenvalue weighted by molar-refractivity contribution is 7.89. The molecule has 0 aliphatic heterocycles. The van der Waals surface area contributed by atoms with Gasteiger partial charge in [-0.2, -0.15) is 0 Å². The number of aromatic carboxylic acids is 1. The number of thiophene rings is 1. The minimum Gasteiger partial charge on any atom is -0.477 e. The SMILES string of the molecule is CC(O)CCCNS(=O)(=O)c1cc(C(=O)O)sc1C(C)(C)C. The van der Waals surface area contributed by atoms with E-state index in [2.05, 4.69) is 4.72 Å². The van der Waals surface area contributed by atoms with Crippen molar-refractivity contribution in [1.82, 2.24) is 4.72 Å². The molecule has 0 spiro atoms. The van der Waals surface area contributed by atoms with Gasteiger partial charge in [0.1, 0.15) is 4.88 Å². The molecule has 1 atom stereocenters. The zero-order valence-electron chi connectivity index (χ0n) is 13.2. The van der Waals surface area contributed by atoms with Crippen LogP contribution >= 0.6 is 11.3 Å². The Morgan fingerprint density at radius 2 is 2.00 bits per heavy atom. The van der Waals surface area contributed by atoms with Gasteiger partial charge in [0.2, 0.25) is 10.0 Å². The number of carboxylic acid groups (broad SMARTS) is 1. The van der Waals surface area contributed by atoms with Crippen LogP contribution in [0.1, 0.15) is 55.1 Å². The Morgan fingerprint density at radius 1 is 1.41 bits per heavy atom. The van der Waals surface area contributed by atoms with Gasteiger partial charge in [-0.05, 0) is 31.2 Å². The lowest BCUT2D eigenvalue weighted by atomic mass is 9.95. The second-order valence-electron chi connectivity index (χ2n) is 6.25. The molecule has 1 rings (SSSR count). The van der Waals surface area contributed by atoms with Crippen LogP contribution < -0.4 is 4.72 Å². The molecule has 1 heterocycles. The minimum atomic E-state index is -3.77. The zero-order chi connectivity index (χ0) is 17.1. The van der Waals surface area contributed by atoms with Crippen molar-refractivity contribution in [3.8, 4) is 0 Å². The predicted molar refractivity (Wildman–Crippen MR) is 86.1 cm³/mol. The molecule has 3 N–H and O–H groups in total. The summed E-state index contributed by atoms with van der Waals surface area (Å²) in [4.78, 5) is 11.7. The standard InChI is InChI=1S/C14H23NO5S2/c1-9(16)6-5-7-15-22(19,20)11-8-10(13(17)18)21-12(11)14(2,3)4/h8-9,15-16H,5-7H2,1-4H3,(H,17,18). The van der Waals surface area contributed by atoms with Crippen molar-refractivity contribution in [1.29, 1.82) is 0 Å². The summed E-state index contributed by atoms with van der Waals surface area (Å²) in [5.74, 6) is -1.13. The molecule has 0 aliphatic carbocycles. The van der Waals surface area contributed by atoms with Crippen LogP contribution in [0.25, 0.3) is 0 Å². The maximum Gasteiger partial charge on any atom is 0.345 e. The number of aliphatic hydroxyl groups is 1. The van der Waals surface area contributed by atoms with Crippen LogP contribution in [0.3, 0.4) is 0 Å². The Kier molecular flexibility index (Phi) is 6.14. The topological polar surface area (TPSA) is 104 Å².